The smallest absolute Gasteiger partial charge is 0.233 e. The van der Waals surface area contributed by atoms with Crippen molar-refractivity contribution < 1.29 is 13.2 Å². The molecule has 5 nitrogen and oxygen atoms in total. The van der Waals surface area contributed by atoms with Gasteiger partial charge in [0, 0.05) is 30.7 Å². The number of carbonyl (C=O) groups excluding carboxylic acids is 1. The molecule has 1 amide bonds. The number of amides is 1. The lowest BCUT2D eigenvalue weighted by Gasteiger charge is -2.45. The minimum absolute atomic E-state index is 0.152. The van der Waals surface area contributed by atoms with Crippen LogP contribution in [0.2, 0.25) is 0 Å². The Hall–Kier alpha value is -0.920. The van der Waals surface area contributed by atoms with Gasteiger partial charge in [0.2, 0.25) is 15.9 Å². The molecule has 0 N–H and O–H groups in total. The van der Waals surface area contributed by atoms with Gasteiger partial charge in [-0.1, -0.05) is 34.5 Å². The highest BCUT2D eigenvalue weighted by molar-refractivity contribution is 9.10. The molecule has 0 radical (unpaired) electrons. The van der Waals surface area contributed by atoms with E-state index in [1.807, 2.05) is 29.2 Å². The molecule has 3 rings (SSSR count). The Morgan fingerprint density at radius 2 is 1.65 bits per heavy atom. The molecule has 2 fully saturated rings. The van der Waals surface area contributed by atoms with Crippen molar-refractivity contribution in [2.24, 2.45) is 0 Å². The van der Waals surface area contributed by atoms with Crippen molar-refractivity contribution in [2.45, 2.75) is 24.7 Å². The van der Waals surface area contributed by atoms with Gasteiger partial charge in [0.05, 0.1) is 11.7 Å². The minimum atomic E-state index is -3.17. The lowest BCUT2D eigenvalue weighted by molar-refractivity contribution is -0.142. The summed E-state index contributed by atoms with van der Waals surface area (Å²) in [7, 11) is -3.17. The van der Waals surface area contributed by atoms with Gasteiger partial charge in [-0.25, -0.2) is 8.42 Å². The van der Waals surface area contributed by atoms with E-state index in [1.54, 1.807) is 0 Å². The van der Waals surface area contributed by atoms with E-state index in [0.29, 0.717) is 26.2 Å². The summed E-state index contributed by atoms with van der Waals surface area (Å²) in [5.74, 6) is 0.152. The van der Waals surface area contributed by atoms with Gasteiger partial charge in [-0.3, -0.25) is 4.79 Å². The molecule has 1 aliphatic carbocycles. The fraction of sp³-hybridized carbons (Fsp3) is 0.562. The molecule has 1 heterocycles. The summed E-state index contributed by atoms with van der Waals surface area (Å²) in [6.45, 7) is 1.73. The number of rotatable bonds is 3. The van der Waals surface area contributed by atoms with Gasteiger partial charge in [-0.2, -0.15) is 4.31 Å². The lowest BCUT2D eigenvalue weighted by atomic mass is 9.63. The zero-order valence-electron chi connectivity index (χ0n) is 13.2. The van der Waals surface area contributed by atoms with E-state index in [0.717, 1.165) is 29.3 Å². The molecule has 23 heavy (non-hydrogen) atoms. The number of hydrogen-bond acceptors (Lipinski definition) is 3. The van der Waals surface area contributed by atoms with Crippen LogP contribution in [0.5, 0.6) is 0 Å². The van der Waals surface area contributed by atoms with Crippen molar-refractivity contribution in [3.05, 3.63) is 34.3 Å². The topological polar surface area (TPSA) is 57.7 Å². The van der Waals surface area contributed by atoms with Crippen LogP contribution in [-0.2, 0) is 20.2 Å². The molecule has 2 aliphatic rings. The van der Waals surface area contributed by atoms with Gasteiger partial charge in [0.25, 0.3) is 0 Å². The lowest BCUT2D eigenvalue weighted by Crippen LogP contribution is -2.57. The number of sulfonamides is 1. The van der Waals surface area contributed by atoms with E-state index in [-0.39, 0.29) is 5.91 Å². The van der Waals surface area contributed by atoms with Gasteiger partial charge in [-0.05, 0) is 30.5 Å². The maximum Gasteiger partial charge on any atom is 0.233 e. The summed E-state index contributed by atoms with van der Waals surface area (Å²) in [4.78, 5) is 14.9. The van der Waals surface area contributed by atoms with E-state index in [9.17, 15) is 13.2 Å². The Morgan fingerprint density at radius 3 is 2.09 bits per heavy atom. The van der Waals surface area contributed by atoms with Crippen LogP contribution in [0.4, 0.5) is 0 Å². The fourth-order valence-electron chi connectivity index (χ4n) is 3.45. The fourth-order valence-corrected chi connectivity index (χ4v) is 4.54. The quantitative estimate of drug-likeness (QED) is 0.779. The van der Waals surface area contributed by atoms with Crippen molar-refractivity contribution in [1.82, 2.24) is 9.21 Å². The third kappa shape index (κ3) is 3.19. The van der Waals surface area contributed by atoms with Gasteiger partial charge in [-0.15, -0.1) is 0 Å². The number of hydrogen-bond donors (Lipinski definition) is 0. The maximum absolute atomic E-state index is 13.1. The van der Waals surface area contributed by atoms with Crippen LogP contribution in [0, 0.1) is 0 Å². The number of halogens is 1. The Morgan fingerprint density at radius 1 is 1.09 bits per heavy atom. The average molecular weight is 401 g/mol. The molecule has 1 aromatic carbocycles. The molecular weight excluding hydrogens is 380 g/mol. The van der Waals surface area contributed by atoms with Crippen LogP contribution in [-0.4, -0.2) is 56.0 Å². The van der Waals surface area contributed by atoms with Crippen molar-refractivity contribution in [3.8, 4) is 0 Å². The summed E-state index contributed by atoms with van der Waals surface area (Å²) in [5.41, 5.74) is 0.663. The highest BCUT2D eigenvalue weighted by atomic mass is 79.9. The first kappa shape index (κ1) is 16.9. The minimum Gasteiger partial charge on any atom is -0.339 e. The molecule has 1 saturated carbocycles. The molecule has 7 heteroatoms. The molecule has 1 saturated heterocycles. The van der Waals surface area contributed by atoms with Gasteiger partial charge in [0.1, 0.15) is 0 Å². The molecule has 1 aliphatic heterocycles. The normalized spacial score (nSPS) is 21.7. The van der Waals surface area contributed by atoms with Crippen LogP contribution in [0.25, 0.3) is 0 Å². The first-order chi connectivity index (χ1) is 10.8. The summed E-state index contributed by atoms with van der Waals surface area (Å²) < 4.78 is 25.6. The Labute approximate surface area is 145 Å². The van der Waals surface area contributed by atoms with Crippen LogP contribution in [0.3, 0.4) is 0 Å². The summed E-state index contributed by atoms with van der Waals surface area (Å²) in [5, 5.41) is 0. The Bertz CT molecular complexity index is 691. The zero-order valence-corrected chi connectivity index (χ0v) is 15.6. The maximum atomic E-state index is 13.1. The highest BCUT2D eigenvalue weighted by Gasteiger charge is 2.48. The van der Waals surface area contributed by atoms with Gasteiger partial charge in [0.15, 0.2) is 0 Å². The third-order valence-corrected chi connectivity index (χ3v) is 6.84. The van der Waals surface area contributed by atoms with E-state index in [4.69, 9.17) is 0 Å². The second-order valence-corrected chi connectivity index (χ2v) is 9.29. The van der Waals surface area contributed by atoms with Crippen LogP contribution in [0.15, 0.2) is 28.7 Å². The molecule has 0 unspecified atom stereocenters. The number of benzene rings is 1. The van der Waals surface area contributed by atoms with E-state index in [2.05, 4.69) is 15.9 Å². The van der Waals surface area contributed by atoms with Crippen molar-refractivity contribution in [2.75, 3.05) is 32.4 Å². The SMILES string of the molecule is CS(=O)(=O)N1CCN(C(=O)C2(c3ccc(Br)cc3)CCC2)CC1. The summed E-state index contributed by atoms with van der Waals surface area (Å²) in [6.07, 6.45) is 4.03. The molecule has 126 valence electrons. The summed E-state index contributed by atoms with van der Waals surface area (Å²) >= 11 is 3.43. The van der Waals surface area contributed by atoms with Crippen LogP contribution in [0.1, 0.15) is 24.8 Å². The molecule has 0 aromatic heterocycles. The second-order valence-electron chi connectivity index (χ2n) is 6.40. The standard InChI is InChI=1S/C16H21BrN2O3S/c1-23(21,22)19-11-9-18(10-12-19)15(20)16(7-2-8-16)13-3-5-14(17)6-4-13/h3-6H,2,7-12H2,1H3. The first-order valence-electron chi connectivity index (χ1n) is 7.83. The Balaban J connectivity index is 1.75. The van der Waals surface area contributed by atoms with E-state index >= 15 is 0 Å². The van der Waals surface area contributed by atoms with E-state index < -0.39 is 15.4 Å². The third-order valence-electron chi connectivity index (χ3n) is 5.01. The predicted molar refractivity (Wildman–Crippen MR) is 92.7 cm³/mol. The molecule has 0 spiro atoms. The van der Waals surface area contributed by atoms with Crippen molar-refractivity contribution in [1.29, 1.82) is 0 Å². The number of carbonyl (C=O) groups is 1. The zero-order chi connectivity index (χ0) is 16.7. The largest absolute Gasteiger partial charge is 0.339 e. The summed E-state index contributed by atoms with van der Waals surface area (Å²) in [6, 6.07) is 8.00. The molecular formula is C16H21BrN2O3S. The monoisotopic (exact) mass is 400 g/mol. The number of nitrogens with zero attached hydrogens (tertiary/aromatic N) is 2. The Kier molecular flexibility index (Phi) is 4.55. The molecule has 0 atom stereocenters. The van der Waals surface area contributed by atoms with Gasteiger partial charge < -0.3 is 4.90 Å². The molecule has 0 bridgehead atoms. The van der Waals surface area contributed by atoms with Crippen molar-refractivity contribution in [3.63, 3.8) is 0 Å². The molecule has 1 aromatic rings. The first-order valence-corrected chi connectivity index (χ1v) is 10.5. The van der Waals surface area contributed by atoms with E-state index in [1.165, 1.54) is 10.6 Å². The van der Waals surface area contributed by atoms with Gasteiger partial charge >= 0.3 is 0 Å². The predicted octanol–water partition coefficient (Wildman–Crippen LogP) is 1.97. The average Bonchev–Trinajstić information content (AvgIpc) is 2.47. The number of piperazine rings is 1. The van der Waals surface area contributed by atoms with Crippen LogP contribution < -0.4 is 0 Å². The highest BCUT2D eigenvalue weighted by Crippen LogP contribution is 2.45. The van der Waals surface area contributed by atoms with Crippen molar-refractivity contribution >= 4 is 31.9 Å². The van der Waals surface area contributed by atoms with Crippen LogP contribution >= 0.6 is 15.9 Å². The second kappa shape index (κ2) is 6.18.